The van der Waals surface area contributed by atoms with Gasteiger partial charge in [0.2, 0.25) is 0 Å². The molecule has 5 aromatic rings. The lowest BCUT2D eigenvalue weighted by molar-refractivity contribution is -0.384. The number of anilines is 1. The summed E-state index contributed by atoms with van der Waals surface area (Å²) < 4.78 is 8.64. The van der Waals surface area contributed by atoms with Crippen molar-refractivity contribution in [1.29, 1.82) is 0 Å². The summed E-state index contributed by atoms with van der Waals surface area (Å²) in [5.74, 6) is 0.573. The lowest BCUT2D eigenvalue weighted by Gasteiger charge is -2.11. The van der Waals surface area contributed by atoms with Crippen LogP contribution in [0.1, 0.15) is 21.7 Å². The molecule has 11 heteroatoms. The third kappa shape index (κ3) is 3.58. The first-order valence-corrected chi connectivity index (χ1v) is 10.3. The Morgan fingerprint density at radius 2 is 1.88 bits per heavy atom. The normalized spacial score (nSPS) is 11.1. The number of nitrogens with zero attached hydrogens (tertiary/aromatic N) is 6. The Morgan fingerprint density at radius 3 is 2.56 bits per heavy atom. The van der Waals surface area contributed by atoms with E-state index in [4.69, 9.17) is 4.42 Å². The van der Waals surface area contributed by atoms with E-state index in [1.807, 2.05) is 6.92 Å². The van der Waals surface area contributed by atoms with Gasteiger partial charge in [-0.1, -0.05) is 0 Å². The van der Waals surface area contributed by atoms with E-state index in [-0.39, 0.29) is 11.6 Å². The highest BCUT2D eigenvalue weighted by Crippen LogP contribution is 2.28. The number of nitro groups is 1. The summed E-state index contributed by atoms with van der Waals surface area (Å²) in [4.78, 5) is 28.7. The summed E-state index contributed by atoms with van der Waals surface area (Å²) >= 11 is 0. The number of carbonyl (C=O) groups is 1. The number of aryl methyl sites for hydroxylation is 3. The fourth-order valence-corrected chi connectivity index (χ4v) is 3.86. The van der Waals surface area contributed by atoms with Gasteiger partial charge in [-0.15, -0.1) is 0 Å². The van der Waals surface area contributed by atoms with Crippen molar-refractivity contribution in [3.63, 3.8) is 0 Å². The van der Waals surface area contributed by atoms with Crippen LogP contribution in [0.5, 0.6) is 0 Å². The standard InChI is InChI=1S/C23H19N7O4/c1-13-11-20(29(26-13)15-6-8-16(9-7-15)30(32)33)25-23(31)17-12-18(19-5-4-10-34-19)24-22-21(17)14(2)27-28(22)3/h4-12H,1-3H3,(H,25,31). The van der Waals surface area contributed by atoms with Crippen molar-refractivity contribution in [2.75, 3.05) is 5.32 Å². The fourth-order valence-electron chi connectivity index (χ4n) is 3.86. The summed E-state index contributed by atoms with van der Waals surface area (Å²) in [6.45, 7) is 3.61. The first kappa shape index (κ1) is 21.1. The second-order valence-corrected chi connectivity index (χ2v) is 7.75. The Kier molecular flexibility index (Phi) is 4.93. The van der Waals surface area contributed by atoms with Crippen molar-refractivity contribution >= 4 is 28.4 Å². The zero-order valence-corrected chi connectivity index (χ0v) is 18.5. The third-order valence-corrected chi connectivity index (χ3v) is 5.37. The van der Waals surface area contributed by atoms with Gasteiger partial charge in [0.25, 0.3) is 11.6 Å². The number of fused-ring (bicyclic) bond motifs is 1. The molecule has 0 saturated carbocycles. The molecule has 0 spiro atoms. The summed E-state index contributed by atoms with van der Waals surface area (Å²) in [7, 11) is 1.77. The van der Waals surface area contributed by atoms with Crippen LogP contribution in [-0.4, -0.2) is 35.4 Å². The SMILES string of the molecule is Cc1cc(NC(=O)c2cc(-c3ccco3)nc3c2c(C)nn3C)n(-c2ccc([N+](=O)[O-])cc2)n1. The molecule has 0 aliphatic heterocycles. The highest BCUT2D eigenvalue weighted by Gasteiger charge is 2.21. The largest absolute Gasteiger partial charge is 0.463 e. The third-order valence-electron chi connectivity index (χ3n) is 5.37. The van der Waals surface area contributed by atoms with E-state index in [0.717, 1.165) is 0 Å². The Balaban J connectivity index is 1.57. The highest BCUT2D eigenvalue weighted by molar-refractivity contribution is 6.13. The number of hydrogen-bond acceptors (Lipinski definition) is 7. The summed E-state index contributed by atoms with van der Waals surface area (Å²) in [5, 5.41) is 23.4. The number of aromatic nitrogens is 5. The second kappa shape index (κ2) is 7.96. The lowest BCUT2D eigenvalue weighted by Crippen LogP contribution is -2.16. The minimum atomic E-state index is -0.470. The average molecular weight is 457 g/mol. The molecule has 11 nitrogen and oxygen atoms in total. The van der Waals surface area contributed by atoms with Crippen molar-refractivity contribution < 1.29 is 14.1 Å². The quantitative estimate of drug-likeness (QED) is 0.309. The molecule has 170 valence electrons. The zero-order valence-electron chi connectivity index (χ0n) is 18.5. The molecule has 1 N–H and O–H groups in total. The van der Waals surface area contributed by atoms with Gasteiger partial charge in [-0.25, -0.2) is 9.67 Å². The average Bonchev–Trinajstić information content (AvgIpc) is 3.53. The van der Waals surface area contributed by atoms with Crippen LogP contribution in [0.15, 0.2) is 59.2 Å². The van der Waals surface area contributed by atoms with E-state index in [0.29, 0.717) is 50.9 Å². The fraction of sp³-hybridized carbons (Fsp3) is 0.130. The number of non-ortho nitro benzene ring substituents is 1. The van der Waals surface area contributed by atoms with Crippen LogP contribution in [-0.2, 0) is 7.05 Å². The molecular formula is C23H19N7O4. The predicted octanol–water partition coefficient (Wildman–Crippen LogP) is 4.19. The molecule has 1 aromatic carbocycles. The molecule has 0 unspecified atom stereocenters. The summed E-state index contributed by atoms with van der Waals surface area (Å²) in [6, 6.07) is 12.8. The van der Waals surface area contributed by atoms with Gasteiger partial charge in [-0.05, 0) is 44.2 Å². The molecule has 0 fully saturated rings. The smallest absolute Gasteiger partial charge is 0.269 e. The number of furan rings is 1. The van der Waals surface area contributed by atoms with Gasteiger partial charge in [-0.3, -0.25) is 19.6 Å². The van der Waals surface area contributed by atoms with E-state index in [9.17, 15) is 14.9 Å². The lowest BCUT2D eigenvalue weighted by atomic mass is 10.1. The van der Waals surface area contributed by atoms with E-state index >= 15 is 0 Å². The van der Waals surface area contributed by atoms with E-state index in [1.165, 1.54) is 16.8 Å². The van der Waals surface area contributed by atoms with Crippen LogP contribution >= 0.6 is 0 Å². The van der Waals surface area contributed by atoms with Crippen LogP contribution < -0.4 is 5.32 Å². The summed E-state index contributed by atoms with van der Waals surface area (Å²) in [5.41, 5.74) is 3.32. The Bertz CT molecular complexity index is 1550. The number of nitro benzene ring substituents is 1. The van der Waals surface area contributed by atoms with Crippen LogP contribution in [0.25, 0.3) is 28.2 Å². The molecule has 0 aliphatic rings. The monoisotopic (exact) mass is 457 g/mol. The molecule has 34 heavy (non-hydrogen) atoms. The maximum absolute atomic E-state index is 13.5. The van der Waals surface area contributed by atoms with Crippen LogP contribution in [0.2, 0.25) is 0 Å². The maximum atomic E-state index is 13.5. The predicted molar refractivity (Wildman–Crippen MR) is 124 cm³/mol. The first-order valence-electron chi connectivity index (χ1n) is 10.3. The molecule has 0 saturated heterocycles. The number of pyridine rings is 1. The van der Waals surface area contributed by atoms with Crippen molar-refractivity contribution in [2.24, 2.45) is 7.05 Å². The zero-order chi connectivity index (χ0) is 24.0. The highest BCUT2D eigenvalue weighted by atomic mass is 16.6. The van der Waals surface area contributed by atoms with Gasteiger partial charge < -0.3 is 9.73 Å². The van der Waals surface area contributed by atoms with E-state index in [1.54, 1.807) is 61.3 Å². The Labute approximate surface area is 192 Å². The van der Waals surface area contributed by atoms with Gasteiger partial charge in [-0.2, -0.15) is 10.2 Å². The Hall–Kier alpha value is -4.80. The van der Waals surface area contributed by atoms with Crippen LogP contribution in [0.3, 0.4) is 0 Å². The molecule has 0 bridgehead atoms. The second-order valence-electron chi connectivity index (χ2n) is 7.75. The number of nitrogens with one attached hydrogen (secondary N) is 1. The number of rotatable bonds is 5. The van der Waals surface area contributed by atoms with E-state index < -0.39 is 4.92 Å². The molecule has 0 atom stereocenters. The number of benzene rings is 1. The molecule has 5 rings (SSSR count). The molecule has 4 heterocycles. The molecule has 0 aliphatic carbocycles. The van der Waals surface area contributed by atoms with Gasteiger partial charge in [0.15, 0.2) is 11.4 Å². The van der Waals surface area contributed by atoms with E-state index in [2.05, 4.69) is 20.5 Å². The number of carbonyl (C=O) groups excluding carboxylic acids is 1. The van der Waals surface area contributed by atoms with Crippen LogP contribution in [0.4, 0.5) is 11.5 Å². The maximum Gasteiger partial charge on any atom is 0.269 e. The van der Waals surface area contributed by atoms with Gasteiger partial charge in [0.05, 0.1) is 39.2 Å². The van der Waals surface area contributed by atoms with Gasteiger partial charge in [0, 0.05) is 25.2 Å². The number of hydrogen-bond donors (Lipinski definition) is 1. The molecular weight excluding hydrogens is 438 g/mol. The van der Waals surface area contributed by atoms with Gasteiger partial charge >= 0.3 is 0 Å². The molecule has 1 amide bonds. The van der Waals surface area contributed by atoms with Crippen LogP contribution in [0, 0.1) is 24.0 Å². The molecule has 4 aromatic heterocycles. The van der Waals surface area contributed by atoms with Crippen molar-refractivity contribution in [3.05, 3.63) is 81.9 Å². The first-order chi connectivity index (χ1) is 16.3. The summed E-state index contributed by atoms with van der Waals surface area (Å²) in [6.07, 6.45) is 1.54. The van der Waals surface area contributed by atoms with Crippen molar-refractivity contribution in [1.82, 2.24) is 24.5 Å². The minimum absolute atomic E-state index is 0.0325. The number of amides is 1. The van der Waals surface area contributed by atoms with Crippen molar-refractivity contribution in [2.45, 2.75) is 13.8 Å². The Morgan fingerprint density at radius 1 is 1.12 bits per heavy atom. The van der Waals surface area contributed by atoms with Gasteiger partial charge in [0.1, 0.15) is 11.5 Å². The topological polar surface area (TPSA) is 134 Å². The molecule has 0 radical (unpaired) electrons. The van der Waals surface area contributed by atoms with Crippen molar-refractivity contribution in [3.8, 4) is 17.1 Å². The minimum Gasteiger partial charge on any atom is -0.463 e.